The minimum atomic E-state index is 0.600. The van der Waals surface area contributed by atoms with E-state index in [1.807, 2.05) is 19.2 Å². The summed E-state index contributed by atoms with van der Waals surface area (Å²) < 4.78 is 10.7. The van der Waals surface area contributed by atoms with Crippen molar-refractivity contribution >= 4 is 0 Å². The van der Waals surface area contributed by atoms with E-state index in [0.717, 1.165) is 49.9 Å². The number of ether oxygens (including phenoxy) is 2. The van der Waals surface area contributed by atoms with Crippen molar-refractivity contribution in [3.63, 3.8) is 0 Å². The second kappa shape index (κ2) is 9.24. The van der Waals surface area contributed by atoms with Crippen molar-refractivity contribution in [3.8, 4) is 11.5 Å². The summed E-state index contributed by atoms with van der Waals surface area (Å²) in [5.74, 6) is 2.58. The Morgan fingerprint density at radius 1 is 1.26 bits per heavy atom. The van der Waals surface area contributed by atoms with Crippen molar-refractivity contribution in [2.45, 2.75) is 38.8 Å². The summed E-state index contributed by atoms with van der Waals surface area (Å²) in [4.78, 5) is 12.7. The Labute approximate surface area is 162 Å². The molecule has 148 valence electrons. The first-order valence-electron chi connectivity index (χ1n) is 9.73. The predicted octanol–water partition coefficient (Wildman–Crippen LogP) is 2.87. The average molecular weight is 373 g/mol. The topological polar surface area (TPSA) is 53.6 Å². The van der Waals surface area contributed by atoms with Crippen molar-refractivity contribution in [2.75, 3.05) is 40.9 Å². The summed E-state index contributed by atoms with van der Waals surface area (Å²) in [6.45, 7) is 6.28. The number of H-pyrrole nitrogens is 1. The van der Waals surface area contributed by atoms with Crippen LogP contribution >= 0.6 is 0 Å². The van der Waals surface area contributed by atoms with Gasteiger partial charge in [0.1, 0.15) is 5.82 Å². The van der Waals surface area contributed by atoms with Crippen molar-refractivity contribution in [3.05, 3.63) is 41.5 Å². The minimum absolute atomic E-state index is 0.600. The third-order valence-corrected chi connectivity index (χ3v) is 5.45. The van der Waals surface area contributed by atoms with Crippen LogP contribution in [0.2, 0.25) is 0 Å². The van der Waals surface area contributed by atoms with E-state index in [1.165, 1.54) is 24.1 Å². The molecule has 6 heteroatoms. The number of nitrogens with one attached hydrogen (secondary N) is 1. The number of rotatable bonds is 8. The normalized spacial score (nSPS) is 18.0. The smallest absolute Gasteiger partial charge is 0.160 e. The third-order valence-electron chi connectivity index (χ3n) is 5.45. The average Bonchev–Trinajstić information content (AvgIpc) is 3.10. The SMILES string of the molecule is COc1ccc(CCN(C)C2CCCN(Cc3cnc(C)[nH]3)C2)cc1OC. The largest absolute Gasteiger partial charge is 0.493 e. The van der Waals surface area contributed by atoms with Crippen LogP contribution in [-0.2, 0) is 13.0 Å². The molecule has 6 nitrogen and oxygen atoms in total. The number of piperidine rings is 1. The second-order valence-electron chi connectivity index (χ2n) is 7.44. The van der Waals surface area contributed by atoms with Gasteiger partial charge in [0.05, 0.1) is 14.2 Å². The van der Waals surface area contributed by atoms with E-state index in [1.54, 1.807) is 14.2 Å². The van der Waals surface area contributed by atoms with Crippen molar-refractivity contribution in [1.29, 1.82) is 0 Å². The number of imidazole rings is 1. The van der Waals surface area contributed by atoms with Gasteiger partial charge in [0, 0.05) is 37.6 Å². The van der Waals surface area contributed by atoms with E-state index < -0.39 is 0 Å². The molecule has 0 aliphatic carbocycles. The van der Waals surface area contributed by atoms with E-state index in [4.69, 9.17) is 9.47 Å². The Bertz CT molecular complexity index is 731. The van der Waals surface area contributed by atoms with Gasteiger partial charge in [0.25, 0.3) is 0 Å². The van der Waals surface area contributed by atoms with Crippen LogP contribution in [0.3, 0.4) is 0 Å². The van der Waals surface area contributed by atoms with Crippen LogP contribution in [0, 0.1) is 6.92 Å². The Morgan fingerprint density at radius 3 is 2.78 bits per heavy atom. The zero-order chi connectivity index (χ0) is 19.2. The Hall–Kier alpha value is -2.05. The molecular formula is C21H32N4O2. The van der Waals surface area contributed by atoms with Gasteiger partial charge in [-0.05, 0) is 57.5 Å². The molecule has 27 heavy (non-hydrogen) atoms. The quantitative estimate of drug-likeness (QED) is 0.772. The van der Waals surface area contributed by atoms with Crippen LogP contribution in [0.5, 0.6) is 11.5 Å². The lowest BCUT2D eigenvalue weighted by Crippen LogP contribution is -2.46. The van der Waals surface area contributed by atoms with Gasteiger partial charge in [-0.1, -0.05) is 6.07 Å². The highest BCUT2D eigenvalue weighted by molar-refractivity contribution is 5.42. The number of benzene rings is 1. The maximum atomic E-state index is 5.42. The number of likely N-dealkylation sites (tertiary alicyclic amines) is 1. The molecule has 1 aliphatic heterocycles. The van der Waals surface area contributed by atoms with E-state index >= 15 is 0 Å². The van der Waals surface area contributed by atoms with Crippen molar-refractivity contribution in [1.82, 2.24) is 19.8 Å². The third kappa shape index (κ3) is 5.23. The first-order valence-corrected chi connectivity index (χ1v) is 9.73. The van der Waals surface area contributed by atoms with Crippen LogP contribution in [0.1, 0.15) is 29.9 Å². The number of nitrogens with zero attached hydrogens (tertiary/aromatic N) is 3. The highest BCUT2D eigenvalue weighted by atomic mass is 16.5. The number of aromatic nitrogens is 2. The summed E-state index contributed by atoms with van der Waals surface area (Å²) in [6.07, 6.45) is 5.48. The zero-order valence-corrected chi connectivity index (χ0v) is 17.0. The number of aromatic amines is 1. The molecule has 0 saturated carbocycles. The number of hydrogen-bond acceptors (Lipinski definition) is 5. The summed E-state index contributed by atoms with van der Waals surface area (Å²) in [5, 5.41) is 0. The monoisotopic (exact) mass is 372 g/mol. The number of aryl methyl sites for hydroxylation is 1. The van der Waals surface area contributed by atoms with E-state index in [2.05, 4.69) is 38.9 Å². The van der Waals surface area contributed by atoms with Crippen LogP contribution in [0.4, 0.5) is 0 Å². The van der Waals surface area contributed by atoms with E-state index in [-0.39, 0.29) is 0 Å². The lowest BCUT2D eigenvalue weighted by Gasteiger charge is -2.37. The first-order chi connectivity index (χ1) is 13.1. The van der Waals surface area contributed by atoms with Crippen LogP contribution < -0.4 is 9.47 Å². The standard InChI is InChI=1S/C21H32N4O2/c1-16-22-13-18(23-16)14-25-10-5-6-19(15-25)24(2)11-9-17-7-8-20(26-3)21(12-17)27-4/h7-8,12-13,19H,5-6,9-11,14-15H2,1-4H3,(H,22,23). The number of likely N-dealkylation sites (N-methyl/N-ethyl adjacent to an activating group) is 1. The van der Waals surface area contributed by atoms with Crippen molar-refractivity contribution in [2.24, 2.45) is 0 Å². The Morgan fingerprint density at radius 2 is 2.07 bits per heavy atom. The molecule has 1 aromatic carbocycles. The van der Waals surface area contributed by atoms with Crippen molar-refractivity contribution < 1.29 is 9.47 Å². The molecule has 2 heterocycles. The van der Waals surface area contributed by atoms with Crippen LogP contribution in [0.15, 0.2) is 24.4 Å². The molecule has 1 N–H and O–H groups in total. The molecular weight excluding hydrogens is 340 g/mol. The maximum Gasteiger partial charge on any atom is 0.160 e. The molecule has 2 aromatic rings. The highest BCUT2D eigenvalue weighted by Crippen LogP contribution is 2.28. The number of methoxy groups -OCH3 is 2. The van der Waals surface area contributed by atoms with Gasteiger partial charge < -0.3 is 19.4 Å². The van der Waals surface area contributed by atoms with Crippen LogP contribution in [0.25, 0.3) is 0 Å². The van der Waals surface area contributed by atoms with Crippen LogP contribution in [-0.4, -0.2) is 66.7 Å². The highest BCUT2D eigenvalue weighted by Gasteiger charge is 2.23. The molecule has 1 aliphatic rings. The predicted molar refractivity (Wildman–Crippen MR) is 108 cm³/mol. The lowest BCUT2D eigenvalue weighted by molar-refractivity contribution is 0.111. The lowest BCUT2D eigenvalue weighted by atomic mass is 10.0. The number of hydrogen-bond donors (Lipinski definition) is 1. The Balaban J connectivity index is 1.52. The van der Waals surface area contributed by atoms with Gasteiger partial charge >= 0.3 is 0 Å². The fraction of sp³-hybridized carbons (Fsp3) is 0.571. The summed E-state index contributed by atoms with van der Waals surface area (Å²) >= 11 is 0. The molecule has 0 bridgehead atoms. The van der Waals surface area contributed by atoms with Gasteiger partial charge in [-0.15, -0.1) is 0 Å². The fourth-order valence-corrected chi connectivity index (χ4v) is 3.85. The molecule has 0 spiro atoms. The molecule has 1 aromatic heterocycles. The van der Waals surface area contributed by atoms with Gasteiger partial charge in [-0.25, -0.2) is 4.98 Å². The first kappa shape index (κ1) is 19.7. The molecule has 3 rings (SSSR count). The maximum absolute atomic E-state index is 5.42. The fourth-order valence-electron chi connectivity index (χ4n) is 3.85. The Kier molecular flexibility index (Phi) is 6.74. The summed E-state index contributed by atoms with van der Waals surface area (Å²) in [5.41, 5.74) is 2.49. The van der Waals surface area contributed by atoms with Gasteiger partial charge in [-0.3, -0.25) is 4.90 Å². The molecule has 0 amide bonds. The zero-order valence-electron chi connectivity index (χ0n) is 17.0. The van der Waals surface area contributed by atoms with Gasteiger partial charge in [0.2, 0.25) is 0 Å². The minimum Gasteiger partial charge on any atom is -0.493 e. The van der Waals surface area contributed by atoms with Gasteiger partial charge in [0.15, 0.2) is 11.5 Å². The second-order valence-corrected chi connectivity index (χ2v) is 7.44. The molecule has 0 radical (unpaired) electrons. The molecule has 1 unspecified atom stereocenters. The summed E-state index contributed by atoms with van der Waals surface area (Å²) in [7, 11) is 5.60. The van der Waals surface area contributed by atoms with E-state index in [9.17, 15) is 0 Å². The molecule has 1 atom stereocenters. The van der Waals surface area contributed by atoms with Gasteiger partial charge in [-0.2, -0.15) is 0 Å². The summed E-state index contributed by atoms with van der Waals surface area (Å²) in [6, 6.07) is 6.80. The molecule has 1 saturated heterocycles. The molecule has 1 fully saturated rings. The van der Waals surface area contributed by atoms with E-state index in [0.29, 0.717) is 6.04 Å².